The second-order valence-corrected chi connectivity index (χ2v) is 9.93. The van der Waals surface area contributed by atoms with E-state index in [1.807, 2.05) is 6.08 Å². The first-order valence-electron chi connectivity index (χ1n) is 7.86. The molecule has 2 heteroatoms. The lowest BCUT2D eigenvalue weighted by Gasteiger charge is -2.31. The van der Waals surface area contributed by atoms with Gasteiger partial charge in [-0.15, -0.1) is 0 Å². The Hall–Kier alpha value is -1.64. The molecule has 2 rings (SSSR count). The number of ether oxygens (including phenoxy) is 1. The third-order valence-electron chi connectivity index (χ3n) is 3.67. The van der Waals surface area contributed by atoms with Crippen LogP contribution in [0.5, 0.6) is 0 Å². The fourth-order valence-corrected chi connectivity index (χ4v) is 6.24. The van der Waals surface area contributed by atoms with Gasteiger partial charge in [0.2, 0.25) is 0 Å². The first kappa shape index (κ1) is 16.7. The Morgan fingerprint density at radius 2 is 1.64 bits per heavy atom. The standard InChI is InChI=1S/C20H26OSi/c1-6-17-11-10-14-19(15-17)22(16(2)21-20(3,4)5)18-12-8-7-9-13-18/h6-16,22H,1H2,2-5H3. The molecule has 0 bridgehead atoms. The smallest absolute Gasteiger partial charge is 0.134 e. The van der Waals surface area contributed by atoms with E-state index < -0.39 is 8.80 Å². The largest absolute Gasteiger partial charge is 0.376 e. The summed E-state index contributed by atoms with van der Waals surface area (Å²) < 4.78 is 6.32. The van der Waals surface area contributed by atoms with Gasteiger partial charge in [-0.25, -0.2) is 0 Å². The van der Waals surface area contributed by atoms with Gasteiger partial charge >= 0.3 is 0 Å². The highest BCUT2D eigenvalue weighted by Gasteiger charge is 2.27. The molecule has 0 aliphatic heterocycles. The Morgan fingerprint density at radius 1 is 1.00 bits per heavy atom. The first-order valence-corrected chi connectivity index (χ1v) is 9.68. The Morgan fingerprint density at radius 3 is 2.23 bits per heavy atom. The molecule has 0 N–H and O–H groups in total. The first-order chi connectivity index (χ1) is 10.4. The van der Waals surface area contributed by atoms with Crippen LogP contribution in [0.2, 0.25) is 0 Å². The van der Waals surface area contributed by atoms with Crippen LogP contribution in [0.4, 0.5) is 0 Å². The summed E-state index contributed by atoms with van der Waals surface area (Å²) in [6.07, 6.45) is 1.91. The molecule has 0 spiro atoms. The molecule has 0 aliphatic rings. The maximum absolute atomic E-state index is 6.32. The van der Waals surface area contributed by atoms with Crippen molar-refractivity contribution in [1.82, 2.24) is 0 Å². The minimum absolute atomic E-state index is 0.129. The fraction of sp³-hybridized carbons (Fsp3) is 0.300. The summed E-state index contributed by atoms with van der Waals surface area (Å²) in [5.74, 6) is 0. The Balaban J connectivity index is 2.43. The maximum Gasteiger partial charge on any atom is 0.134 e. The van der Waals surface area contributed by atoms with Gasteiger partial charge in [0.15, 0.2) is 0 Å². The fourth-order valence-electron chi connectivity index (χ4n) is 2.90. The summed E-state index contributed by atoms with van der Waals surface area (Å²) in [4.78, 5) is 0. The summed E-state index contributed by atoms with van der Waals surface area (Å²) >= 11 is 0. The molecule has 0 fully saturated rings. The molecule has 0 saturated heterocycles. The van der Waals surface area contributed by atoms with Gasteiger partial charge in [-0.05, 0) is 33.3 Å². The van der Waals surface area contributed by atoms with Crippen molar-refractivity contribution < 1.29 is 4.74 Å². The molecule has 116 valence electrons. The van der Waals surface area contributed by atoms with Crippen molar-refractivity contribution in [2.24, 2.45) is 0 Å². The van der Waals surface area contributed by atoms with E-state index in [-0.39, 0.29) is 11.3 Å². The molecule has 2 atom stereocenters. The average molecular weight is 311 g/mol. The molecule has 0 aromatic heterocycles. The Bertz CT molecular complexity index is 613. The predicted octanol–water partition coefficient (Wildman–Crippen LogP) is 3.41. The highest BCUT2D eigenvalue weighted by atomic mass is 28.3. The molecule has 0 amide bonds. The van der Waals surface area contributed by atoms with Gasteiger partial charge in [0.1, 0.15) is 8.80 Å². The molecule has 1 nitrogen and oxygen atoms in total. The van der Waals surface area contributed by atoms with Crippen molar-refractivity contribution in [3.05, 3.63) is 66.7 Å². The lowest BCUT2D eigenvalue weighted by atomic mass is 10.2. The quantitative estimate of drug-likeness (QED) is 0.769. The zero-order chi connectivity index (χ0) is 16.2. The normalized spacial score (nSPS) is 14.4. The molecule has 22 heavy (non-hydrogen) atoms. The van der Waals surface area contributed by atoms with Crippen molar-refractivity contribution in [3.8, 4) is 0 Å². The van der Waals surface area contributed by atoms with Gasteiger partial charge < -0.3 is 4.74 Å². The Kier molecular flexibility index (Phi) is 5.38. The van der Waals surface area contributed by atoms with Crippen LogP contribution in [0.25, 0.3) is 6.08 Å². The van der Waals surface area contributed by atoms with Crippen molar-refractivity contribution >= 4 is 25.2 Å². The van der Waals surface area contributed by atoms with E-state index in [0.717, 1.165) is 0 Å². The zero-order valence-corrected chi connectivity index (χ0v) is 15.2. The van der Waals surface area contributed by atoms with Crippen LogP contribution in [-0.4, -0.2) is 20.1 Å². The average Bonchev–Trinajstić information content (AvgIpc) is 2.47. The number of rotatable bonds is 5. The summed E-state index contributed by atoms with van der Waals surface area (Å²) in [6.45, 7) is 12.5. The number of hydrogen-bond acceptors (Lipinski definition) is 1. The van der Waals surface area contributed by atoms with Crippen LogP contribution < -0.4 is 10.4 Å². The van der Waals surface area contributed by atoms with Crippen LogP contribution >= 0.6 is 0 Å². The van der Waals surface area contributed by atoms with Gasteiger partial charge in [0, 0.05) is 0 Å². The zero-order valence-electron chi connectivity index (χ0n) is 14.0. The molecule has 0 saturated carbocycles. The van der Waals surface area contributed by atoms with E-state index in [4.69, 9.17) is 4.74 Å². The highest BCUT2D eigenvalue weighted by Crippen LogP contribution is 2.13. The minimum atomic E-state index is -1.46. The third-order valence-corrected chi connectivity index (χ3v) is 6.93. The van der Waals surface area contributed by atoms with Gasteiger partial charge in [-0.2, -0.15) is 0 Å². The monoisotopic (exact) mass is 310 g/mol. The molecule has 2 aromatic rings. The summed E-state index contributed by atoms with van der Waals surface area (Å²) in [5, 5.41) is 2.82. The van der Waals surface area contributed by atoms with Crippen molar-refractivity contribution in [3.63, 3.8) is 0 Å². The van der Waals surface area contributed by atoms with E-state index in [0.29, 0.717) is 0 Å². The predicted molar refractivity (Wildman–Crippen MR) is 99.7 cm³/mol. The lowest BCUT2D eigenvalue weighted by Crippen LogP contribution is -2.53. The second-order valence-electron chi connectivity index (χ2n) is 6.70. The summed E-state index contributed by atoms with van der Waals surface area (Å²) in [7, 11) is -1.46. The van der Waals surface area contributed by atoms with Gasteiger partial charge in [-0.1, -0.05) is 77.6 Å². The molecular formula is C20H26OSi. The Labute approximate surface area is 136 Å². The molecule has 2 aromatic carbocycles. The van der Waals surface area contributed by atoms with Crippen molar-refractivity contribution in [2.45, 2.75) is 39.0 Å². The van der Waals surface area contributed by atoms with Crippen LogP contribution in [-0.2, 0) is 4.74 Å². The van der Waals surface area contributed by atoms with Gasteiger partial charge in [0.25, 0.3) is 0 Å². The molecule has 0 aliphatic carbocycles. The summed E-state index contributed by atoms with van der Waals surface area (Å²) in [5.41, 5.74) is 1.27. The van der Waals surface area contributed by atoms with E-state index in [1.54, 1.807) is 0 Å². The van der Waals surface area contributed by atoms with Crippen molar-refractivity contribution in [1.29, 1.82) is 0 Å². The SMILES string of the molecule is C=Cc1cccc([SiH](c2ccccc2)C(C)OC(C)(C)C)c1. The number of benzene rings is 2. The second kappa shape index (κ2) is 7.08. The van der Waals surface area contributed by atoms with E-state index in [9.17, 15) is 0 Å². The van der Waals surface area contributed by atoms with Crippen LogP contribution in [0.1, 0.15) is 33.3 Å². The highest BCUT2D eigenvalue weighted by molar-refractivity contribution is 6.86. The van der Waals surface area contributed by atoms with Crippen LogP contribution in [0, 0.1) is 0 Å². The third kappa shape index (κ3) is 4.42. The van der Waals surface area contributed by atoms with Gasteiger partial charge in [0.05, 0.1) is 11.3 Å². The molecule has 0 radical (unpaired) electrons. The van der Waals surface area contributed by atoms with Gasteiger partial charge in [-0.3, -0.25) is 0 Å². The lowest BCUT2D eigenvalue weighted by molar-refractivity contribution is -0.0174. The topological polar surface area (TPSA) is 9.23 Å². The summed E-state index contributed by atoms with van der Waals surface area (Å²) in [6, 6.07) is 19.5. The maximum atomic E-state index is 6.32. The van der Waals surface area contributed by atoms with Crippen molar-refractivity contribution in [2.75, 3.05) is 0 Å². The van der Waals surface area contributed by atoms with Crippen LogP contribution in [0.3, 0.4) is 0 Å². The van der Waals surface area contributed by atoms with E-state index in [2.05, 4.69) is 88.9 Å². The molecular weight excluding hydrogens is 284 g/mol. The number of hydrogen-bond donors (Lipinski definition) is 0. The minimum Gasteiger partial charge on any atom is -0.376 e. The molecule has 2 unspecified atom stereocenters. The molecule has 0 heterocycles. The van der Waals surface area contributed by atoms with Crippen LogP contribution in [0.15, 0.2) is 61.2 Å². The van der Waals surface area contributed by atoms with E-state index in [1.165, 1.54) is 15.9 Å². The van der Waals surface area contributed by atoms with E-state index >= 15 is 0 Å².